The molecule has 116 valence electrons. The second-order valence-electron chi connectivity index (χ2n) is 5.85. The van der Waals surface area contributed by atoms with E-state index >= 15 is 0 Å². The van der Waals surface area contributed by atoms with Crippen LogP contribution in [0.15, 0.2) is 36.5 Å². The second-order valence-corrected chi connectivity index (χ2v) is 6.23. The topological polar surface area (TPSA) is 59.3 Å². The Morgan fingerprint density at radius 1 is 1.30 bits per heavy atom. The van der Waals surface area contributed by atoms with Crippen molar-refractivity contribution in [2.75, 3.05) is 0 Å². The van der Waals surface area contributed by atoms with Gasteiger partial charge in [0.05, 0.1) is 11.9 Å². The number of aromatic nitrogens is 3. The number of carbonyl (C=O) groups is 1. The van der Waals surface area contributed by atoms with Crippen LogP contribution in [-0.2, 0) is 0 Å². The van der Waals surface area contributed by atoms with Crippen LogP contribution in [0.2, 0.25) is 5.15 Å². The van der Waals surface area contributed by atoms with Crippen molar-refractivity contribution in [3.05, 3.63) is 52.8 Å². The maximum absolute atomic E-state index is 12.2. The van der Waals surface area contributed by atoms with Gasteiger partial charge in [0.15, 0.2) is 5.65 Å². The Morgan fingerprint density at radius 3 is 2.87 bits per heavy atom. The van der Waals surface area contributed by atoms with Crippen molar-refractivity contribution >= 4 is 23.2 Å². The molecule has 1 N–H and O–H groups in total. The van der Waals surface area contributed by atoms with Gasteiger partial charge in [-0.3, -0.25) is 4.79 Å². The van der Waals surface area contributed by atoms with Gasteiger partial charge in [-0.1, -0.05) is 17.7 Å². The minimum Gasteiger partial charge on any atom is -0.349 e. The van der Waals surface area contributed by atoms with E-state index in [0.717, 1.165) is 35.3 Å². The molecule has 2 heterocycles. The summed E-state index contributed by atoms with van der Waals surface area (Å²) >= 11 is 5.97. The lowest BCUT2D eigenvalue weighted by atomic mass is 10.0. The molecule has 0 aliphatic heterocycles. The first-order valence-corrected chi connectivity index (χ1v) is 7.92. The summed E-state index contributed by atoms with van der Waals surface area (Å²) in [6.45, 7) is 1.94. The number of halogens is 1. The molecule has 2 aromatic heterocycles. The Balaban J connectivity index is 1.72. The molecule has 0 atom stereocenters. The monoisotopic (exact) mass is 326 g/mol. The molecule has 1 aliphatic rings. The maximum Gasteiger partial charge on any atom is 0.251 e. The van der Waals surface area contributed by atoms with Crippen LogP contribution >= 0.6 is 11.6 Å². The molecule has 0 saturated heterocycles. The lowest BCUT2D eigenvalue weighted by molar-refractivity contribution is 0.0950. The third-order valence-corrected chi connectivity index (χ3v) is 4.21. The quantitative estimate of drug-likeness (QED) is 0.803. The van der Waals surface area contributed by atoms with E-state index in [2.05, 4.69) is 15.4 Å². The number of benzene rings is 1. The van der Waals surface area contributed by atoms with Crippen LogP contribution in [0.5, 0.6) is 0 Å². The number of amides is 1. The summed E-state index contributed by atoms with van der Waals surface area (Å²) in [6, 6.07) is 9.64. The number of rotatable bonds is 3. The first-order chi connectivity index (χ1) is 11.1. The average molecular weight is 327 g/mol. The van der Waals surface area contributed by atoms with Crippen LogP contribution in [0, 0.1) is 6.92 Å². The molecule has 3 aromatic rings. The van der Waals surface area contributed by atoms with Gasteiger partial charge in [0.2, 0.25) is 0 Å². The zero-order valence-electron chi connectivity index (χ0n) is 12.6. The van der Waals surface area contributed by atoms with Crippen LogP contribution in [0.25, 0.3) is 16.9 Å². The van der Waals surface area contributed by atoms with Gasteiger partial charge in [-0.2, -0.15) is 5.10 Å². The fraction of sp³-hybridized carbons (Fsp3) is 0.235. The van der Waals surface area contributed by atoms with E-state index in [0.29, 0.717) is 16.8 Å². The molecular weight excluding hydrogens is 312 g/mol. The van der Waals surface area contributed by atoms with Crippen molar-refractivity contribution in [3.8, 4) is 11.3 Å². The first-order valence-electron chi connectivity index (χ1n) is 7.54. The molecular formula is C17H15ClN4O. The van der Waals surface area contributed by atoms with E-state index in [1.54, 1.807) is 16.8 Å². The van der Waals surface area contributed by atoms with Gasteiger partial charge in [0, 0.05) is 17.2 Å². The van der Waals surface area contributed by atoms with E-state index in [4.69, 9.17) is 11.6 Å². The SMILES string of the molecule is Cc1cc(-c2cnc3ccc(Cl)nn23)ccc1C(=O)NC1CC1. The fourth-order valence-corrected chi connectivity index (χ4v) is 2.75. The molecule has 1 amide bonds. The Labute approximate surface area is 138 Å². The van der Waals surface area contributed by atoms with Crippen LogP contribution < -0.4 is 5.32 Å². The highest BCUT2D eigenvalue weighted by Crippen LogP contribution is 2.25. The molecule has 1 saturated carbocycles. The summed E-state index contributed by atoms with van der Waals surface area (Å²) in [5, 5.41) is 7.71. The summed E-state index contributed by atoms with van der Waals surface area (Å²) in [6.07, 6.45) is 3.92. The standard InChI is InChI=1S/C17H15ClN4O/c1-10-8-11(2-5-13(10)17(23)20-12-3-4-12)14-9-19-16-7-6-15(18)21-22(14)16/h2,5-9,12H,3-4H2,1H3,(H,20,23). The van der Waals surface area contributed by atoms with Crippen LogP contribution in [0.4, 0.5) is 0 Å². The summed E-state index contributed by atoms with van der Waals surface area (Å²) in [4.78, 5) is 16.5. The Morgan fingerprint density at radius 2 is 2.13 bits per heavy atom. The van der Waals surface area contributed by atoms with Gasteiger partial charge in [-0.25, -0.2) is 9.50 Å². The Hall–Kier alpha value is -2.40. The Bertz CT molecular complexity index is 914. The van der Waals surface area contributed by atoms with E-state index < -0.39 is 0 Å². The lowest BCUT2D eigenvalue weighted by Gasteiger charge is -2.09. The van der Waals surface area contributed by atoms with Crippen molar-refractivity contribution in [2.45, 2.75) is 25.8 Å². The normalized spacial score (nSPS) is 14.2. The average Bonchev–Trinajstić information content (AvgIpc) is 3.24. The zero-order chi connectivity index (χ0) is 16.0. The third kappa shape index (κ3) is 2.68. The minimum atomic E-state index is -0.00383. The van der Waals surface area contributed by atoms with Gasteiger partial charge in [-0.15, -0.1) is 0 Å². The molecule has 6 heteroatoms. The molecule has 1 aromatic carbocycles. The van der Waals surface area contributed by atoms with E-state index in [1.165, 1.54) is 0 Å². The van der Waals surface area contributed by atoms with Crippen LogP contribution in [0.3, 0.4) is 0 Å². The van der Waals surface area contributed by atoms with Gasteiger partial charge in [-0.05, 0) is 49.6 Å². The molecule has 0 unspecified atom stereocenters. The molecule has 0 bridgehead atoms. The molecule has 1 aliphatic carbocycles. The number of hydrogen-bond acceptors (Lipinski definition) is 3. The van der Waals surface area contributed by atoms with Crippen LogP contribution in [0.1, 0.15) is 28.8 Å². The summed E-state index contributed by atoms with van der Waals surface area (Å²) < 4.78 is 1.71. The van der Waals surface area contributed by atoms with Crippen LogP contribution in [-0.4, -0.2) is 26.5 Å². The number of aryl methyl sites for hydroxylation is 1. The molecule has 0 spiro atoms. The highest BCUT2D eigenvalue weighted by atomic mass is 35.5. The molecule has 23 heavy (non-hydrogen) atoms. The van der Waals surface area contributed by atoms with Crippen molar-refractivity contribution in [3.63, 3.8) is 0 Å². The summed E-state index contributed by atoms with van der Waals surface area (Å²) in [7, 11) is 0. The number of nitrogens with one attached hydrogen (secondary N) is 1. The van der Waals surface area contributed by atoms with Gasteiger partial charge in [0.1, 0.15) is 5.15 Å². The van der Waals surface area contributed by atoms with Gasteiger partial charge in [0.25, 0.3) is 5.91 Å². The van der Waals surface area contributed by atoms with Gasteiger partial charge < -0.3 is 5.32 Å². The van der Waals surface area contributed by atoms with E-state index in [1.807, 2.05) is 31.2 Å². The van der Waals surface area contributed by atoms with E-state index in [9.17, 15) is 4.79 Å². The number of fused-ring (bicyclic) bond motifs is 1. The smallest absolute Gasteiger partial charge is 0.251 e. The van der Waals surface area contributed by atoms with Gasteiger partial charge >= 0.3 is 0 Å². The van der Waals surface area contributed by atoms with E-state index in [-0.39, 0.29) is 5.91 Å². The van der Waals surface area contributed by atoms with Crippen molar-refractivity contribution in [2.24, 2.45) is 0 Å². The molecule has 4 rings (SSSR count). The summed E-state index contributed by atoms with van der Waals surface area (Å²) in [5.41, 5.74) is 4.17. The fourth-order valence-electron chi connectivity index (χ4n) is 2.62. The predicted octanol–water partition coefficient (Wildman–Crippen LogP) is 3.25. The predicted molar refractivity (Wildman–Crippen MR) is 88.7 cm³/mol. The van der Waals surface area contributed by atoms with Crippen molar-refractivity contribution in [1.82, 2.24) is 19.9 Å². The summed E-state index contributed by atoms with van der Waals surface area (Å²) in [5.74, 6) is -0.00383. The number of carbonyl (C=O) groups excluding carboxylic acids is 1. The van der Waals surface area contributed by atoms with Crippen molar-refractivity contribution in [1.29, 1.82) is 0 Å². The highest BCUT2D eigenvalue weighted by Gasteiger charge is 2.24. The second kappa shape index (κ2) is 5.35. The number of imidazole rings is 1. The van der Waals surface area contributed by atoms with Crippen molar-refractivity contribution < 1.29 is 4.79 Å². The molecule has 5 nitrogen and oxygen atoms in total. The first kappa shape index (κ1) is 14.2. The third-order valence-electron chi connectivity index (χ3n) is 4.01. The Kier molecular flexibility index (Phi) is 3.31. The highest BCUT2D eigenvalue weighted by molar-refractivity contribution is 6.29. The number of hydrogen-bond donors (Lipinski definition) is 1. The maximum atomic E-state index is 12.2. The molecule has 0 radical (unpaired) electrons. The largest absolute Gasteiger partial charge is 0.349 e. The minimum absolute atomic E-state index is 0.00383. The lowest BCUT2D eigenvalue weighted by Crippen LogP contribution is -2.26. The molecule has 1 fully saturated rings. The number of nitrogens with zero attached hydrogens (tertiary/aromatic N) is 3. The zero-order valence-corrected chi connectivity index (χ0v) is 13.3.